The van der Waals surface area contributed by atoms with Crippen LogP contribution in [0.1, 0.15) is 24.1 Å². The van der Waals surface area contributed by atoms with Crippen LogP contribution >= 0.6 is 15.9 Å². The maximum absolute atomic E-state index is 13.0. The fraction of sp³-hybridized carbons (Fsp3) is 0.214. The fourth-order valence-electron chi connectivity index (χ4n) is 1.70. The first kappa shape index (κ1) is 13.2. The maximum Gasteiger partial charge on any atom is 0.124 e. The van der Waals surface area contributed by atoms with Crippen molar-refractivity contribution in [3.05, 3.63) is 64.1 Å². The first-order chi connectivity index (χ1) is 8.66. The van der Waals surface area contributed by atoms with Crippen molar-refractivity contribution in [1.29, 1.82) is 0 Å². The standard InChI is InChI=1S/C14H14BrFN2/c1-10(11-4-6-17-7-5-11)18-9-12-2-3-13(16)8-14(12)15/h2-8,10,18H,9H2,1H3/t10-/m1/s1. The largest absolute Gasteiger partial charge is 0.306 e. The molecule has 2 aromatic rings. The van der Waals surface area contributed by atoms with Gasteiger partial charge in [0.25, 0.3) is 0 Å². The van der Waals surface area contributed by atoms with Gasteiger partial charge in [-0.25, -0.2) is 4.39 Å². The summed E-state index contributed by atoms with van der Waals surface area (Å²) in [6, 6.07) is 8.93. The van der Waals surface area contributed by atoms with Gasteiger partial charge >= 0.3 is 0 Å². The van der Waals surface area contributed by atoms with Crippen LogP contribution in [-0.4, -0.2) is 4.98 Å². The minimum absolute atomic E-state index is 0.227. The monoisotopic (exact) mass is 308 g/mol. The molecule has 18 heavy (non-hydrogen) atoms. The van der Waals surface area contributed by atoms with Gasteiger partial charge in [0.15, 0.2) is 0 Å². The summed E-state index contributed by atoms with van der Waals surface area (Å²) in [4.78, 5) is 3.99. The van der Waals surface area contributed by atoms with Gasteiger partial charge in [0.05, 0.1) is 0 Å². The molecule has 1 aromatic heterocycles. The summed E-state index contributed by atoms with van der Waals surface area (Å²) in [7, 11) is 0. The zero-order chi connectivity index (χ0) is 13.0. The Morgan fingerprint density at radius 2 is 2.00 bits per heavy atom. The molecular weight excluding hydrogens is 295 g/mol. The molecule has 0 saturated heterocycles. The van der Waals surface area contributed by atoms with E-state index in [1.165, 1.54) is 17.7 Å². The van der Waals surface area contributed by atoms with Crippen LogP contribution in [0.15, 0.2) is 47.2 Å². The second-order valence-electron chi connectivity index (χ2n) is 4.12. The Morgan fingerprint density at radius 1 is 1.28 bits per heavy atom. The third-order valence-electron chi connectivity index (χ3n) is 2.82. The molecule has 0 amide bonds. The topological polar surface area (TPSA) is 24.9 Å². The van der Waals surface area contributed by atoms with Gasteiger partial charge in [-0.1, -0.05) is 22.0 Å². The van der Waals surface area contributed by atoms with Crippen molar-refractivity contribution in [1.82, 2.24) is 10.3 Å². The normalized spacial score (nSPS) is 12.4. The predicted molar refractivity (Wildman–Crippen MR) is 73.6 cm³/mol. The van der Waals surface area contributed by atoms with Crippen molar-refractivity contribution in [2.24, 2.45) is 0 Å². The molecule has 0 aliphatic heterocycles. The number of nitrogens with zero attached hydrogens (tertiary/aromatic N) is 1. The van der Waals surface area contributed by atoms with Crippen molar-refractivity contribution >= 4 is 15.9 Å². The highest BCUT2D eigenvalue weighted by molar-refractivity contribution is 9.10. The second kappa shape index (κ2) is 6.07. The summed E-state index contributed by atoms with van der Waals surface area (Å²) >= 11 is 3.36. The molecule has 0 aliphatic rings. The highest BCUT2D eigenvalue weighted by Crippen LogP contribution is 2.19. The number of benzene rings is 1. The Bertz CT molecular complexity index is 516. The fourth-order valence-corrected chi connectivity index (χ4v) is 2.19. The quantitative estimate of drug-likeness (QED) is 0.928. The molecule has 0 spiro atoms. The van der Waals surface area contributed by atoms with Crippen molar-refractivity contribution in [2.75, 3.05) is 0 Å². The summed E-state index contributed by atoms with van der Waals surface area (Å²) in [6.45, 7) is 2.77. The van der Waals surface area contributed by atoms with E-state index in [2.05, 4.69) is 33.2 Å². The van der Waals surface area contributed by atoms with Crippen LogP contribution in [0.3, 0.4) is 0 Å². The average Bonchev–Trinajstić information content (AvgIpc) is 2.38. The second-order valence-corrected chi connectivity index (χ2v) is 4.97. The van der Waals surface area contributed by atoms with Crippen molar-refractivity contribution in [3.63, 3.8) is 0 Å². The number of hydrogen-bond acceptors (Lipinski definition) is 2. The molecule has 0 bridgehead atoms. The van der Waals surface area contributed by atoms with Gasteiger partial charge in [-0.2, -0.15) is 0 Å². The predicted octanol–water partition coefficient (Wildman–Crippen LogP) is 3.83. The number of rotatable bonds is 4. The van der Waals surface area contributed by atoms with E-state index in [0.29, 0.717) is 6.54 Å². The molecule has 4 heteroatoms. The summed E-state index contributed by atoms with van der Waals surface area (Å²) in [6.07, 6.45) is 3.56. The van der Waals surface area contributed by atoms with Crippen LogP contribution < -0.4 is 5.32 Å². The highest BCUT2D eigenvalue weighted by atomic mass is 79.9. The molecule has 2 nitrogen and oxygen atoms in total. The Balaban J connectivity index is 1.99. The third-order valence-corrected chi connectivity index (χ3v) is 3.56. The molecule has 1 N–H and O–H groups in total. The molecule has 0 saturated carbocycles. The molecule has 0 aliphatic carbocycles. The van der Waals surface area contributed by atoms with E-state index in [1.54, 1.807) is 18.5 Å². The first-order valence-electron chi connectivity index (χ1n) is 5.74. The van der Waals surface area contributed by atoms with Gasteiger partial charge in [-0.3, -0.25) is 4.98 Å². The zero-order valence-electron chi connectivity index (χ0n) is 10.0. The van der Waals surface area contributed by atoms with Crippen LogP contribution in [-0.2, 0) is 6.54 Å². The van der Waals surface area contributed by atoms with Crippen molar-refractivity contribution in [2.45, 2.75) is 19.5 Å². The van der Waals surface area contributed by atoms with E-state index >= 15 is 0 Å². The Kier molecular flexibility index (Phi) is 4.44. The molecular formula is C14H14BrFN2. The molecule has 0 unspecified atom stereocenters. The number of nitrogens with one attached hydrogen (secondary N) is 1. The van der Waals surface area contributed by atoms with Gasteiger partial charge in [0.1, 0.15) is 5.82 Å². The molecule has 94 valence electrons. The van der Waals surface area contributed by atoms with Gasteiger partial charge in [0, 0.05) is 29.5 Å². The lowest BCUT2D eigenvalue weighted by Gasteiger charge is -2.14. The number of hydrogen-bond donors (Lipinski definition) is 1. The average molecular weight is 309 g/mol. The summed E-state index contributed by atoms with van der Waals surface area (Å²) in [5.41, 5.74) is 2.22. The van der Waals surface area contributed by atoms with Crippen LogP contribution in [0.2, 0.25) is 0 Å². The molecule has 0 radical (unpaired) electrons. The number of aromatic nitrogens is 1. The lowest BCUT2D eigenvalue weighted by molar-refractivity contribution is 0.571. The van der Waals surface area contributed by atoms with E-state index in [0.717, 1.165) is 10.0 Å². The smallest absolute Gasteiger partial charge is 0.124 e. The summed E-state index contributed by atoms with van der Waals surface area (Å²) < 4.78 is 13.7. The van der Waals surface area contributed by atoms with Crippen LogP contribution in [0.4, 0.5) is 4.39 Å². The minimum atomic E-state index is -0.229. The SMILES string of the molecule is C[C@@H](NCc1ccc(F)cc1Br)c1ccncc1. The lowest BCUT2D eigenvalue weighted by atomic mass is 10.1. The van der Waals surface area contributed by atoms with Crippen LogP contribution in [0, 0.1) is 5.82 Å². The maximum atomic E-state index is 13.0. The Hall–Kier alpha value is -1.26. The summed E-state index contributed by atoms with van der Waals surface area (Å²) in [5, 5.41) is 3.40. The van der Waals surface area contributed by atoms with Crippen molar-refractivity contribution in [3.8, 4) is 0 Å². The van der Waals surface area contributed by atoms with E-state index in [9.17, 15) is 4.39 Å². The van der Waals surface area contributed by atoms with E-state index < -0.39 is 0 Å². The van der Waals surface area contributed by atoms with Crippen LogP contribution in [0.5, 0.6) is 0 Å². The van der Waals surface area contributed by atoms with Gasteiger partial charge in [-0.05, 0) is 42.3 Å². The Morgan fingerprint density at radius 3 is 2.67 bits per heavy atom. The number of halogens is 2. The Labute approximate surface area is 114 Å². The molecule has 2 rings (SSSR count). The summed E-state index contributed by atoms with van der Waals surface area (Å²) in [5.74, 6) is -0.229. The van der Waals surface area contributed by atoms with E-state index in [4.69, 9.17) is 0 Å². The van der Waals surface area contributed by atoms with Gasteiger partial charge < -0.3 is 5.32 Å². The zero-order valence-corrected chi connectivity index (χ0v) is 11.6. The molecule has 0 fully saturated rings. The van der Waals surface area contributed by atoms with Crippen molar-refractivity contribution < 1.29 is 4.39 Å². The van der Waals surface area contributed by atoms with Gasteiger partial charge in [0.2, 0.25) is 0 Å². The molecule has 1 atom stereocenters. The molecule has 1 heterocycles. The van der Waals surface area contributed by atoms with Crippen LogP contribution in [0.25, 0.3) is 0 Å². The number of pyridine rings is 1. The van der Waals surface area contributed by atoms with E-state index in [-0.39, 0.29) is 11.9 Å². The third kappa shape index (κ3) is 3.37. The minimum Gasteiger partial charge on any atom is -0.306 e. The first-order valence-corrected chi connectivity index (χ1v) is 6.53. The lowest BCUT2D eigenvalue weighted by Crippen LogP contribution is -2.18. The highest BCUT2D eigenvalue weighted by Gasteiger charge is 2.06. The van der Waals surface area contributed by atoms with Gasteiger partial charge in [-0.15, -0.1) is 0 Å². The van der Waals surface area contributed by atoms with E-state index in [1.807, 2.05) is 12.1 Å². The molecule has 1 aromatic carbocycles.